The number of aryl methyl sites for hydroxylation is 2. The maximum atomic E-state index is 4.57. The molecule has 2 rings (SSSR count). The summed E-state index contributed by atoms with van der Waals surface area (Å²) in [5.74, 6) is 3.72. The maximum absolute atomic E-state index is 4.57. The summed E-state index contributed by atoms with van der Waals surface area (Å²) in [6.45, 7) is 6.42. The van der Waals surface area contributed by atoms with Crippen molar-refractivity contribution in [2.75, 3.05) is 30.0 Å². The lowest BCUT2D eigenvalue weighted by Crippen LogP contribution is -2.42. The van der Waals surface area contributed by atoms with Gasteiger partial charge in [-0.1, -0.05) is 0 Å². The quantitative estimate of drug-likeness (QED) is 0.884. The first-order chi connectivity index (χ1) is 8.15. The Kier molecular flexibility index (Phi) is 3.99. The number of nitrogens with zero attached hydrogens (tertiary/aromatic N) is 3. The molecule has 17 heavy (non-hydrogen) atoms. The van der Waals surface area contributed by atoms with Gasteiger partial charge in [-0.05, 0) is 20.9 Å². The molecule has 0 bridgehead atoms. The molecule has 96 valence electrons. The van der Waals surface area contributed by atoms with E-state index in [2.05, 4.69) is 36.2 Å². The van der Waals surface area contributed by atoms with E-state index >= 15 is 0 Å². The first-order valence-electron chi connectivity index (χ1n) is 6.16. The Balaban J connectivity index is 2.35. The number of thioether (sulfide) groups is 1. The number of hydrogen-bond donors (Lipinski definition) is 1. The summed E-state index contributed by atoms with van der Waals surface area (Å²) in [6, 6.07) is 0.596. The molecular weight excluding hydrogens is 232 g/mol. The van der Waals surface area contributed by atoms with Crippen molar-refractivity contribution in [2.24, 2.45) is 7.05 Å². The van der Waals surface area contributed by atoms with Crippen molar-refractivity contribution in [1.82, 2.24) is 15.1 Å². The predicted molar refractivity (Wildman–Crippen MR) is 74.8 cm³/mol. The van der Waals surface area contributed by atoms with Gasteiger partial charge in [0.15, 0.2) is 0 Å². The fourth-order valence-electron chi connectivity index (χ4n) is 2.47. The van der Waals surface area contributed by atoms with Gasteiger partial charge in [0.2, 0.25) is 0 Å². The summed E-state index contributed by atoms with van der Waals surface area (Å²) >= 11 is 2.05. The highest BCUT2D eigenvalue weighted by Gasteiger charge is 2.25. The molecular formula is C12H22N4S. The summed E-state index contributed by atoms with van der Waals surface area (Å²) < 4.78 is 2.04. The Labute approximate surface area is 108 Å². The fraction of sp³-hybridized carbons (Fsp3) is 0.750. The summed E-state index contributed by atoms with van der Waals surface area (Å²) in [6.07, 6.45) is 0. The van der Waals surface area contributed by atoms with Crippen molar-refractivity contribution in [3.8, 4) is 0 Å². The average molecular weight is 254 g/mol. The highest BCUT2D eigenvalue weighted by molar-refractivity contribution is 7.99. The van der Waals surface area contributed by atoms with Crippen molar-refractivity contribution in [1.29, 1.82) is 0 Å². The third-order valence-corrected chi connectivity index (χ3v) is 4.50. The van der Waals surface area contributed by atoms with Crippen LogP contribution >= 0.6 is 11.8 Å². The van der Waals surface area contributed by atoms with Crippen LogP contribution in [0.3, 0.4) is 0 Å². The summed E-state index contributed by atoms with van der Waals surface area (Å²) in [7, 11) is 4.04. The molecule has 1 fully saturated rings. The van der Waals surface area contributed by atoms with Crippen molar-refractivity contribution in [2.45, 2.75) is 26.4 Å². The standard InChI is InChI=1S/C12H22N4S/c1-9-8-17-6-5-16(9)12-11(7-13-3)10(2)14-15(12)4/h9,13H,5-8H2,1-4H3. The third-order valence-electron chi connectivity index (χ3n) is 3.31. The molecule has 1 atom stereocenters. The number of rotatable bonds is 3. The minimum atomic E-state index is 0.596. The molecule has 0 amide bonds. The summed E-state index contributed by atoms with van der Waals surface area (Å²) in [4.78, 5) is 2.50. The highest BCUT2D eigenvalue weighted by atomic mass is 32.2. The van der Waals surface area contributed by atoms with Crippen molar-refractivity contribution >= 4 is 17.6 Å². The molecule has 0 saturated carbocycles. The van der Waals surface area contributed by atoms with Crippen LogP contribution in [0.2, 0.25) is 0 Å². The fourth-order valence-corrected chi connectivity index (χ4v) is 3.49. The normalized spacial score (nSPS) is 20.9. The predicted octanol–water partition coefficient (Wildman–Crippen LogP) is 1.39. The molecule has 1 aliphatic rings. The third kappa shape index (κ3) is 2.45. The number of aromatic nitrogens is 2. The van der Waals surface area contributed by atoms with Gasteiger partial charge < -0.3 is 10.2 Å². The van der Waals surface area contributed by atoms with E-state index in [4.69, 9.17) is 0 Å². The van der Waals surface area contributed by atoms with Crippen LogP contribution in [0.1, 0.15) is 18.2 Å². The molecule has 0 spiro atoms. The molecule has 4 nitrogen and oxygen atoms in total. The van der Waals surface area contributed by atoms with Crippen LogP contribution in [0, 0.1) is 6.92 Å². The van der Waals surface area contributed by atoms with Gasteiger partial charge in [0.05, 0.1) is 5.69 Å². The molecule has 1 aliphatic heterocycles. The van der Waals surface area contributed by atoms with Crippen molar-refractivity contribution < 1.29 is 0 Å². The first-order valence-corrected chi connectivity index (χ1v) is 7.32. The van der Waals surface area contributed by atoms with E-state index in [1.54, 1.807) is 0 Å². The van der Waals surface area contributed by atoms with Gasteiger partial charge in [0.25, 0.3) is 0 Å². The molecule has 0 aromatic carbocycles. The van der Waals surface area contributed by atoms with Crippen molar-refractivity contribution in [3.63, 3.8) is 0 Å². The van der Waals surface area contributed by atoms with Crippen LogP contribution < -0.4 is 10.2 Å². The SMILES string of the molecule is CNCc1c(C)nn(C)c1N1CCSCC1C. The molecule has 1 unspecified atom stereocenters. The van der Waals surface area contributed by atoms with E-state index in [0.29, 0.717) is 6.04 Å². The van der Waals surface area contributed by atoms with E-state index in [1.165, 1.54) is 22.9 Å². The number of hydrogen-bond acceptors (Lipinski definition) is 4. The van der Waals surface area contributed by atoms with Gasteiger partial charge in [0.1, 0.15) is 5.82 Å². The van der Waals surface area contributed by atoms with Crippen LogP contribution in [-0.2, 0) is 13.6 Å². The van der Waals surface area contributed by atoms with E-state index in [0.717, 1.165) is 18.8 Å². The van der Waals surface area contributed by atoms with Crippen LogP contribution in [0.15, 0.2) is 0 Å². The molecule has 1 aromatic heterocycles. The van der Waals surface area contributed by atoms with E-state index in [1.807, 2.05) is 23.5 Å². The summed E-state index contributed by atoms with van der Waals surface area (Å²) in [5.41, 5.74) is 2.48. The smallest absolute Gasteiger partial charge is 0.131 e. The van der Waals surface area contributed by atoms with E-state index in [9.17, 15) is 0 Å². The zero-order chi connectivity index (χ0) is 12.4. The van der Waals surface area contributed by atoms with Crippen LogP contribution in [0.5, 0.6) is 0 Å². The van der Waals surface area contributed by atoms with Crippen LogP contribution in [-0.4, -0.2) is 40.9 Å². The lowest BCUT2D eigenvalue weighted by molar-refractivity contribution is 0.642. The number of nitrogens with one attached hydrogen (secondary N) is 1. The van der Waals surface area contributed by atoms with Crippen LogP contribution in [0.4, 0.5) is 5.82 Å². The van der Waals surface area contributed by atoms with Gasteiger partial charge in [0, 0.05) is 43.2 Å². The molecule has 5 heteroatoms. The lowest BCUT2D eigenvalue weighted by atomic mass is 10.2. The Morgan fingerprint density at radius 2 is 2.29 bits per heavy atom. The molecule has 2 heterocycles. The van der Waals surface area contributed by atoms with E-state index in [-0.39, 0.29) is 0 Å². The Morgan fingerprint density at radius 1 is 1.53 bits per heavy atom. The van der Waals surface area contributed by atoms with Gasteiger partial charge >= 0.3 is 0 Å². The zero-order valence-corrected chi connectivity index (χ0v) is 12.0. The highest BCUT2D eigenvalue weighted by Crippen LogP contribution is 2.28. The molecule has 0 radical (unpaired) electrons. The minimum Gasteiger partial charge on any atom is -0.352 e. The maximum Gasteiger partial charge on any atom is 0.131 e. The first kappa shape index (κ1) is 12.8. The van der Waals surface area contributed by atoms with E-state index < -0.39 is 0 Å². The van der Waals surface area contributed by atoms with Gasteiger partial charge in [-0.15, -0.1) is 0 Å². The average Bonchev–Trinajstić information content (AvgIpc) is 2.56. The lowest BCUT2D eigenvalue weighted by Gasteiger charge is -2.35. The zero-order valence-electron chi connectivity index (χ0n) is 11.2. The second-order valence-electron chi connectivity index (χ2n) is 4.66. The molecule has 1 aromatic rings. The van der Waals surface area contributed by atoms with Gasteiger partial charge in [-0.2, -0.15) is 16.9 Å². The second kappa shape index (κ2) is 5.31. The minimum absolute atomic E-state index is 0.596. The Bertz CT molecular complexity index is 388. The van der Waals surface area contributed by atoms with Gasteiger partial charge in [-0.3, -0.25) is 4.68 Å². The van der Waals surface area contributed by atoms with Gasteiger partial charge in [-0.25, -0.2) is 0 Å². The monoisotopic (exact) mass is 254 g/mol. The Hall–Kier alpha value is -0.680. The van der Waals surface area contributed by atoms with Crippen molar-refractivity contribution in [3.05, 3.63) is 11.3 Å². The largest absolute Gasteiger partial charge is 0.352 e. The molecule has 1 saturated heterocycles. The second-order valence-corrected chi connectivity index (χ2v) is 5.81. The van der Waals surface area contributed by atoms with Crippen LogP contribution in [0.25, 0.3) is 0 Å². The Morgan fingerprint density at radius 3 is 2.94 bits per heavy atom. The molecule has 0 aliphatic carbocycles. The summed E-state index contributed by atoms with van der Waals surface area (Å²) in [5, 5.41) is 7.81. The number of anilines is 1. The topological polar surface area (TPSA) is 33.1 Å². The molecule has 1 N–H and O–H groups in total.